The Morgan fingerprint density at radius 2 is 1.69 bits per heavy atom. The van der Waals surface area contributed by atoms with Gasteiger partial charge in [0.2, 0.25) is 0 Å². The van der Waals surface area contributed by atoms with Gasteiger partial charge in [0, 0.05) is 19.3 Å². The zero-order valence-corrected chi connectivity index (χ0v) is 9.03. The lowest BCUT2D eigenvalue weighted by Gasteiger charge is -1.59. The van der Waals surface area contributed by atoms with Crippen LogP contribution in [0.25, 0.3) is 0 Å². The van der Waals surface area contributed by atoms with Crippen LogP contribution in [0.5, 0.6) is 0 Å². The molecular weight excluding hydrogens is 168 g/mol. The molecule has 2 N–H and O–H groups in total. The summed E-state index contributed by atoms with van der Waals surface area (Å²) >= 11 is 0. The van der Waals surface area contributed by atoms with E-state index in [9.17, 15) is 0 Å². The lowest BCUT2D eigenvalue weighted by Crippen LogP contribution is -1.78. The molecule has 0 radical (unpaired) electrons. The summed E-state index contributed by atoms with van der Waals surface area (Å²) in [4.78, 5) is 15.4. The Bertz CT molecular complexity index is 129. The zero-order chi connectivity index (χ0) is 11.1. The largest absolute Gasteiger partial charge is 0.481 e. The number of nitrogens with one attached hydrogen (secondary N) is 1. The van der Waals surface area contributed by atoms with Crippen molar-refractivity contribution in [3.05, 3.63) is 18.7 Å². The fraction of sp³-hybridized carbons (Fsp3) is 0.556. The van der Waals surface area contributed by atoms with Gasteiger partial charge in [-0.05, 0) is 0 Å². The predicted octanol–water partition coefficient (Wildman–Crippen LogP) is 2.55. The third-order valence-corrected chi connectivity index (χ3v) is 0.406. The second kappa shape index (κ2) is 22.4. The lowest BCUT2D eigenvalue weighted by molar-refractivity contribution is -0.134. The summed E-state index contributed by atoms with van der Waals surface area (Å²) in [6.07, 6.45) is 5.08. The molecule has 0 aliphatic heterocycles. The molecule has 0 atom stereocenters. The summed E-state index contributed by atoms with van der Waals surface area (Å²) in [5, 5.41) is 7.42. The Labute approximate surface area is 80.0 Å². The molecule has 13 heavy (non-hydrogen) atoms. The Balaban J connectivity index is -0.000000114. The van der Waals surface area contributed by atoms with Gasteiger partial charge in [-0.2, -0.15) is 0 Å². The Kier molecular flexibility index (Phi) is 30.5. The van der Waals surface area contributed by atoms with Crippen molar-refractivity contribution in [3.8, 4) is 0 Å². The van der Waals surface area contributed by atoms with E-state index < -0.39 is 5.97 Å². The maximum absolute atomic E-state index is 9.00. The van der Waals surface area contributed by atoms with Crippen molar-refractivity contribution in [3.63, 3.8) is 0 Å². The molecule has 0 aliphatic carbocycles. The number of aliphatic carboxylic acids is 1. The molecule has 1 heterocycles. The third kappa shape index (κ3) is 59.4. The highest BCUT2D eigenvalue weighted by atomic mass is 16.4. The van der Waals surface area contributed by atoms with E-state index in [2.05, 4.69) is 9.97 Å². The number of carbonyl (C=O) groups is 1. The van der Waals surface area contributed by atoms with E-state index in [1.54, 1.807) is 18.7 Å². The first-order valence-electron chi connectivity index (χ1n) is 4.35. The molecule has 0 spiro atoms. The van der Waals surface area contributed by atoms with Gasteiger partial charge in [-0.15, -0.1) is 0 Å². The molecular formula is C9H20N2O2. The standard InChI is InChI=1S/C3H4N2.C2H4O2.2C2H6/c1-2-5-3-4-1;1-2(3)4;2*1-2/h1-3H,(H,4,5);1H3,(H,3,4);2*1-2H3. The van der Waals surface area contributed by atoms with E-state index in [4.69, 9.17) is 9.90 Å². The summed E-state index contributed by atoms with van der Waals surface area (Å²) in [7, 11) is 0. The number of carboxylic acids is 1. The predicted molar refractivity (Wildman–Crippen MR) is 54.6 cm³/mol. The van der Waals surface area contributed by atoms with Crippen LogP contribution in [0, 0.1) is 0 Å². The quantitative estimate of drug-likeness (QED) is 0.657. The highest BCUT2D eigenvalue weighted by Crippen LogP contribution is 1.62. The van der Waals surface area contributed by atoms with Crippen LogP contribution in [0.15, 0.2) is 18.7 Å². The molecule has 1 aromatic heterocycles. The lowest BCUT2D eigenvalue weighted by atomic mass is 10.9. The molecule has 0 bridgehead atoms. The van der Waals surface area contributed by atoms with Gasteiger partial charge in [-0.25, -0.2) is 4.98 Å². The second-order valence-corrected chi connectivity index (χ2v) is 1.28. The van der Waals surface area contributed by atoms with E-state index in [0.717, 1.165) is 6.92 Å². The highest BCUT2D eigenvalue weighted by Gasteiger charge is 1.65. The van der Waals surface area contributed by atoms with Crippen molar-refractivity contribution in [2.45, 2.75) is 34.6 Å². The number of hydrogen-bond donors (Lipinski definition) is 2. The number of carboxylic acid groups (broad SMARTS) is 1. The summed E-state index contributed by atoms with van der Waals surface area (Å²) in [6.45, 7) is 9.08. The van der Waals surface area contributed by atoms with E-state index in [0.29, 0.717) is 0 Å². The number of aromatic nitrogens is 2. The van der Waals surface area contributed by atoms with Crippen molar-refractivity contribution in [2.24, 2.45) is 0 Å². The first-order valence-corrected chi connectivity index (χ1v) is 4.35. The molecule has 0 saturated heterocycles. The fourth-order valence-corrected chi connectivity index (χ4v) is 0.215. The van der Waals surface area contributed by atoms with Crippen molar-refractivity contribution in [1.29, 1.82) is 0 Å². The first kappa shape index (κ1) is 17.7. The third-order valence-electron chi connectivity index (χ3n) is 0.406. The fourth-order valence-electron chi connectivity index (χ4n) is 0.215. The molecule has 1 aromatic rings. The highest BCUT2D eigenvalue weighted by molar-refractivity contribution is 5.62. The first-order chi connectivity index (χ1) is 6.23. The average molecular weight is 188 g/mol. The van der Waals surface area contributed by atoms with Gasteiger partial charge >= 0.3 is 0 Å². The van der Waals surface area contributed by atoms with E-state index >= 15 is 0 Å². The minimum Gasteiger partial charge on any atom is -0.481 e. The smallest absolute Gasteiger partial charge is 0.300 e. The second-order valence-electron chi connectivity index (χ2n) is 1.28. The van der Waals surface area contributed by atoms with Crippen molar-refractivity contribution >= 4 is 5.97 Å². The Hall–Kier alpha value is -1.32. The number of H-pyrrole nitrogens is 1. The van der Waals surface area contributed by atoms with Gasteiger partial charge in [0.15, 0.2) is 0 Å². The van der Waals surface area contributed by atoms with Crippen molar-refractivity contribution in [1.82, 2.24) is 9.97 Å². The van der Waals surface area contributed by atoms with E-state index in [1.165, 1.54) is 0 Å². The Morgan fingerprint density at radius 3 is 1.77 bits per heavy atom. The monoisotopic (exact) mass is 188 g/mol. The molecule has 4 nitrogen and oxygen atoms in total. The van der Waals surface area contributed by atoms with Crippen molar-refractivity contribution in [2.75, 3.05) is 0 Å². The molecule has 0 fully saturated rings. The number of imidazole rings is 1. The molecule has 4 heteroatoms. The van der Waals surface area contributed by atoms with Gasteiger partial charge in [0.05, 0.1) is 6.33 Å². The zero-order valence-electron chi connectivity index (χ0n) is 9.03. The topological polar surface area (TPSA) is 66.0 Å². The summed E-state index contributed by atoms with van der Waals surface area (Å²) in [6, 6.07) is 0. The number of rotatable bonds is 0. The number of aromatic amines is 1. The van der Waals surface area contributed by atoms with Gasteiger partial charge in [0.25, 0.3) is 5.97 Å². The minimum absolute atomic E-state index is 0.833. The Morgan fingerprint density at radius 1 is 1.31 bits per heavy atom. The van der Waals surface area contributed by atoms with Crippen LogP contribution >= 0.6 is 0 Å². The summed E-state index contributed by atoms with van der Waals surface area (Å²) in [5.41, 5.74) is 0. The van der Waals surface area contributed by atoms with Crippen LogP contribution in [0.1, 0.15) is 34.6 Å². The van der Waals surface area contributed by atoms with Crippen LogP contribution in [0.2, 0.25) is 0 Å². The normalized spacial score (nSPS) is 5.92. The van der Waals surface area contributed by atoms with Gasteiger partial charge in [-0.3, -0.25) is 4.79 Å². The van der Waals surface area contributed by atoms with Crippen LogP contribution < -0.4 is 0 Å². The van der Waals surface area contributed by atoms with Crippen LogP contribution in [0.4, 0.5) is 0 Å². The van der Waals surface area contributed by atoms with Gasteiger partial charge < -0.3 is 10.1 Å². The van der Waals surface area contributed by atoms with Crippen LogP contribution in [-0.4, -0.2) is 21.0 Å². The molecule has 0 saturated carbocycles. The molecule has 0 aliphatic rings. The molecule has 1 rings (SSSR count). The van der Waals surface area contributed by atoms with Crippen LogP contribution in [0.3, 0.4) is 0 Å². The maximum Gasteiger partial charge on any atom is 0.300 e. The average Bonchev–Trinajstić information content (AvgIpc) is 2.67. The molecule has 0 unspecified atom stereocenters. The molecule has 78 valence electrons. The molecule has 0 aromatic carbocycles. The van der Waals surface area contributed by atoms with Crippen LogP contribution in [-0.2, 0) is 4.79 Å². The number of hydrogen-bond acceptors (Lipinski definition) is 2. The van der Waals surface area contributed by atoms with Gasteiger partial charge in [-0.1, -0.05) is 27.7 Å². The number of nitrogens with zero attached hydrogens (tertiary/aromatic N) is 1. The summed E-state index contributed by atoms with van der Waals surface area (Å²) < 4.78 is 0. The minimum atomic E-state index is -0.833. The van der Waals surface area contributed by atoms with Crippen molar-refractivity contribution < 1.29 is 9.90 Å². The maximum atomic E-state index is 9.00. The summed E-state index contributed by atoms with van der Waals surface area (Å²) in [5.74, 6) is -0.833. The SMILES string of the molecule is CC.CC.CC(=O)O.c1c[nH]cn1. The van der Waals surface area contributed by atoms with Gasteiger partial charge in [0.1, 0.15) is 0 Å². The molecule has 0 amide bonds. The van der Waals surface area contributed by atoms with E-state index in [1.807, 2.05) is 27.7 Å². The van der Waals surface area contributed by atoms with E-state index in [-0.39, 0.29) is 0 Å².